The molecule has 0 atom stereocenters. The lowest BCUT2D eigenvalue weighted by molar-refractivity contribution is -0.299. The molecule has 0 bridgehead atoms. The Bertz CT molecular complexity index is 873. The van der Waals surface area contributed by atoms with Crippen LogP contribution < -0.4 is 0 Å². The molecule has 2 aliphatic rings. The summed E-state index contributed by atoms with van der Waals surface area (Å²) in [6, 6.07) is 13.0. The molecular formula is C18H21NO4S. The summed E-state index contributed by atoms with van der Waals surface area (Å²) in [5.74, 6) is -0.580. The van der Waals surface area contributed by atoms with E-state index in [4.69, 9.17) is 9.47 Å². The molecule has 5 nitrogen and oxygen atoms in total. The predicted molar refractivity (Wildman–Crippen MR) is 91.1 cm³/mol. The lowest BCUT2D eigenvalue weighted by Gasteiger charge is -2.53. The fourth-order valence-corrected chi connectivity index (χ4v) is 4.97. The van der Waals surface area contributed by atoms with Gasteiger partial charge in [0.1, 0.15) is 0 Å². The van der Waals surface area contributed by atoms with Gasteiger partial charge in [-0.2, -0.15) is 4.31 Å². The molecule has 2 fully saturated rings. The van der Waals surface area contributed by atoms with Crippen LogP contribution in [0, 0.1) is 5.41 Å². The van der Waals surface area contributed by atoms with E-state index in [0.717, 1.165) is 10.8 Å². The zero-order valence-corrected chi connectivity index (χ0v) is 14.7. The predicted octanol–water partition coefficient (Wildman–Crippen LogP) is 2.61. The zero-order valence-electron chi connectivity index (χ0n) is 13.9. The third-order valence-corrected chi connectivity index (χ3v) is 6.62. The van der Waals surface area contributed by atoms with E-state index in [0.29, 0.717) is 31.2 Å². The zero-order chi connectivity index (χ0) is 17.0. The van der Waals surface area contributed by atoms with Crippen molar-refractivity contribution in [2.24, 2.45) is 5.41 Å². The number of sulfonamides is 1. The molecule has 2 aromatic rings. The van der Waals surface area contributed by atoms with Gasteiger partial charge in [0, 0.05) is 18.5 Å². The van der Waals surface area contributed by atoms with Crippen molar-refractivity contribution in [3.8, 4) is 0 Å². The molecule has 0 aromatic heterocycles. The second-order valence-corrected chi connectivity index (χ2v) is 9.20. The van der Waals surface area contributed by atoms with E-state index in [-0.39, 0.29) is 5.41 Å². The van der Waals surface area contributed by atoms with E-state index >= 15 is 0 Å². The Morgan fingerprint density at radius 3 is 2.25 bits per heavy atom. The van der Waals surface area contributed by atoms with E-state index in [1.807, 2.05) is 44.2 Å². The van der Waals surface area contributed by atoms with E-state index < -0.39 is 15.8 Å². The van der Waals surface area contributed by atoms with Crippen molar-refractivity contribution in [1.82, 2.24) is 4.31 Å². The second-order valence-electron chi connectivity index (χ2n) is 7.26. The van der Waals surface area contributed by atoms with Crippen LogP contribution in [0.1, 0.15) is 13.8 Å². The summed E-state index contributed by atoms with van der Waals surface area (Å²) in [4.78, 5) is 0.342. The first-order chi connectivity index (χ1) is 11.3. The first kappa shape index (κ1) is 16.0. The minimum absolute atomic E-state index is 0.209. The molecule has 2 saturated heterocycles. The van der Waals surface area contributed by atoms with Gasteiger partial charge in [0.05, 0.1) is 18.1 Å². The quantitative estimate of drug-likeness (QED) is 0.838. The summed E-state index contributed by atoms with van der Waals surface area (Å²) in [7, 11) is -3.48. The summed E-state index contributed by atoms with van der Waals surface area (Å²) < 4.78 is 38.6. The van der Waals surface area contributed by atoms with Crippen molar-refractivity contribution in [2.75, 3.05) is 26.3 Å². The maximum Gasteiger partial charge on any atom is 0.243 e. The van der Waals surface area contributed by atoms with Gasteiger partial charge in [-0.3, -0.25) is 0 Å². The molecule has 2 aliphatic heterocycles. The van der Waals surface area contributed by atoms with Crippen molar-refractivity contribution >= 4 is 20.8 Å². The standard InChI is InChI=1S/C18H21NO4S/c1-17(2)22-12-18(13-23-17)10-19(11-18)24(20,21)16-8-7-14-5-3-4-6-15(14)9-16/h3-9H,10-13H2,1-2H3. The highest BCUT2D eigenvalue weighted by Gasteiger charge is 2.52. The number of fused-ring (bicyclic) bond motifs is 1. The normalized spacial score (nSPS) is 23.2. The lowest BCUT2D eigenvalue weighted by atomic mass is 9.82. The Morgan fingerprint density at radius 2 is 1.58 bits per heavy atom. The molecule has 0 N–H and O–H groups in total. The molecule has 2 aromatic carbocycles. The summed E-state index contributed by atoms with van der Waals surface area (Å²) in [6.45, 7) is 5.70. The summed E-state index contributed by atoms with van der Waals surface area (Å²) in [6.07, 6.45) is 0. The highest BCUT2D eigenvalue weighted by molar-refractivity contribution is 7.89. The lowest BCUT2D eigenvalue weighted by Crippen LogP contribution is -2.65. The Morgan fingerprint density at radius 1 is 0.958 bits per heavy atom. The van der Waals surface area contributed by atoms with Crippen molar-refractivity contribution in [3.63, 3.8) is 0 Å². The van der Waals surface area contributed by atoms with Crippen molar-refractivity contribution in [3.05, 3.63) is 42.5 Å². The van der Waals surface area contributed by atoms with Crippen LogP contribution in [0.15, 0.2) is 47.4 Å². The SMILES string of the molecule is CC1(C)OCC2(CO1)CN(S(=O)(=O)c1ccc3ccccc3c1)C2. The van der Waals surface area contributed by atoms with Gasteiger partial charge in [-0.25, -0.2) is 8.42 Å². The number of nitrogens with zero attached hydrogens (tertiary/aromatic N) is 1. The van der Waals surface area contributed by atoms with E-state index in [2.05, 4.69) is 0 Å². The van der Waals surface area contributed by atoms with Gasteiger partial charge >= 0.3 is 0 Å². The Hall–Kier alpha value is -1.47. The van der Waals surface area contributed by atoms with Gasteiger partial charge in [0.25, 0.3) is 0 Å². The second kappa shape index (κ2) is 5.26. The Balaban J connectivity index is 1.54. The van der Waals surface area contributed by atoms with E-state index in [1.54, 1.807) is 12.1 Å². The van der Waals surface area contributed by atoms with Crippen LogP contribution in [-0.2, 0) is 19.5 Å². The number of hydrogen-bond donors (Lipinski definition) is 0. The number of ether oxygens (including phenoxy) is 2. The topological polar surface area (TPSA) is 55.8 Å². The largest absolute Gasteiger partial charge is 0.350 e. The number of hydrogen-bond acceptors (Lipinski definition) is 4. The van der Waals surface area contributed by atoms with E-state index in [1.165, 1.54) is 4.31 Å². The monoisotopic (exact) mass is 347 g/mol. The van der Waals surface area contributed by atoms with E-state index in [9.17, 15) is 8.42 Å². The molecule has 128 valence electrons. The van der Waals surface area contributed by atoms with Gasteiger partial charge in [-0.15, -0.1) is 0 Å². The summed E-state index contributed by atoms with van der Waals surface area (Å²) >= 11 is 0. The average Bonchev–Trinajstić information content (AvgIpc) is 2.52. The molecule has 2 heterocycles. The molecule has 0 aliphatic carbocycles. The molecule has 6 heteroatoms. The Kier molecular flexibility index (Phi) is 3.51. The van der Waals surface area contributed by atoms with Crippen molar-refractivity contribution in [2.45, 2.75) is 24.5 Å². The van der Waals surface area contributed by atoms with Gasteiger partial charge in [0.2, 0.25) is 10.0 Å². The molecule has 1 spiro atoms. The molecule has 4 rings (SSSR count). The van der Waals surface area contributed by atoms with Crippen LogP contribution in [0.2, 0.25) is 0 Å². The van der Waals surface area contributed by atoms with Crippen LogP contribution in [0.4, 0.5) is 0 Å². The number of benzene rings is 2. The van der Waals surface area contributed by atoms with Crippen LogP contribution in [0.5, 0.6) is 0 Å². The summed E-state index contributed by atoms with van der Waals surface area (Å²) in [5, 5.41) is 1.97. The third-order valence-electron chi connectivity index (χ3n) is 4.83. The first-order valence-corrected chi connectivity index (χ1v) is 9.51. The van der Waals surface area contributed by atoms with Crippen LogP contribution >= 0.6 is 0 Å². The molecule has 0 radical (unpaired) electrons. The molecule has 0 amide bonds. The van der Waals surface area contributed by atoms with Crippen molar-refractivity contribution < 1.29 is 17.9 Å². The average molecular weight is 347 g/mol. The maximum atomic E-state index is 12.9. The summed E-state index contributed by atoms with van der Waals surface area (Å²) in [5.41, 5.74) is -0.209. The molecule has 0 saturated carbocycles. The molecule has 0 unspecified atom stereocenters. The van der Waals surface area contributed by atoms with Crippen LogP contribution in [-0.4, -0.2) is 44.8 Å². The Labute approximate surface area is 142 Å². The van der Waals surface area contributed by atoms with Crippen LogP contribution in [0.3, 0.4) is 0 Å². The first-order valence-electron chi connectivity index (χ1n) is 8.07. The molecular weight excluding hydrogens is 326 g/mol. The van der Waals surface area contributed by atoms with Gasteiger partial charge in [0.15, 0.2) is 5.79 Å². The molecule has 24 heavy (non-hydrogen) atoms. The van der Waals surface area contributed by atoms with Gasteiger partial charge in [-0.1, -0.05) is 30.3 Å². The fourth-order valence-electron chi connectivity index (χ4n) is 3.27. The minimum Gasteiger partial charge on any atom is -0.350 e. The fraction of sp³-hybridized carbons (Fsp3) is 0.444. The van der Waals surface area contributed by atoms with Gasteiger partial charge in [-0.05, 0) is 36.8 Å². The highest BCUT2D eigenvalue weighted by Crippen LogP contribution is 2.40. The van der Waals surface area contributed by atoms with Crippen LogP contribution in [0.25, 0.3) is 10.8 Å². The third kappa shape index (κ3) is 2.63. The minimum atomic E-state index is -3.48. The smallest absolute Gasteiger partial charge is 0.243 e. The highest BCUT2D eigenvalue weighted by atomic mass is 32.2. The number of rotatable bonds is 2. The van der Waals surface area contributed by atoms with Crippen molar-refractivity contribution in [1.29, 1.82) is 0 Å². The maximum absolute atomic E-state index is 12.9. The van der Waals surface area contributed by atoms with Gasteiger partial charge < -0.3 is 9.47 Å².